The van der Waals surface area contributed by atoms with E-state index in [4.69, 9.17) is 0 Å². The van der Waals surface area contributed by atoms with Crippen molar-refractivity contribution in [3.05, 3.63) is 53.1 Å². The number of nitrogens with zero attached hydrogens (tertiary/aromatic N) is 1. The molecule has 25 heavy (non-hydrogen) atoms. The summed E-state index contributed by atoms with van der Waals surface area (Å²) in [5.74, 6) is 0.0558. The van der Waals surface area contributed by atoms with Crippen molar-refractivity contribution in [3.8, 4) is 17.2 Å². The maximum absolute atomic E-state index is 11.9. The van der Waals surface area contributed by atoms with Crippen molar-refractivity contribution in [3.63, 3.8) is 0 Å². The van der Waals surface area contributed by atoms with Crippen molar-refractivity contribution in [2.24, 2.45) is 5.10 Å². The predicted octanol–water partition coefficient (Wildman–Crippen LogP) is 2.73. The highest BCUT2D eigenvalue weighted by molar-refractivity contribution is 6.03. The summed E-state index contributed by atoms with van der Waals surface area (Å²) in [5.41, 5.74) is 4.42. The lowest BCUT2D eigenvalue weighted by Crippen LogP contribution is -2.32. The van der Waals surface area contributed by atoms with Crippen molar-refractivity contribution in [2.45, 2.75) is 26.8 Å². The molecule has 0 bridgehead atoms. The van der Waals surface area contributed by atoms with Crippen LogP contribution in [0.2, 0.25) is 0 Å². The maximum Gasteiger partial charge on any atom is 0.335 e. The first-order valence-corrected chi connectivity index (χ1v) is 7.82. The molecule has 5 N–H and O–H groups in total. The summed E-state index contributed by atoms with van der Waals surface area (Å²) in [7, 11) is 0. The van der Waals surface area contributed by atoms with Gasteiger partial charge in [0.25, 0.3) is 0 Å². The van der Waals surface area contributed by atoms with Gasteiger partial charge in [0.15, 0.2) is 0 Å². The van der Waals surface area contributed by atoms with Gasteiger partial charge in [-0.3, -0.25) is 0 Å². The normalized spacial score (nSPS) is 11.2. The lowest BCUT2D eigenvalue weighted by Gasteiger charge is -2.11. The SMILES string of the molecule is CCC(=NNC(=O)NCc1cccc(O)c1)c1ccc(O)c(C)c1O. The number of aromatic hydroxyl groups is 3. The molecule has 0 unspecified atom stereocenters. The second kappa shape index (κ2) is 8.05. The molecule has 0 atom stereocenters. The number of benzene rings is 2. The fraction of sp³-hybridized carbons (Fsp3) is 0.222. The van der Waals surface area contributed by atoms with Gasteiger partial charge in [0.2, 0.25) is 0 Å². The number of nitrogens with one attached hydrogen (secondary N) is 2. The van der Waals surface area contributed by atoms with E-state index in [9.17, 15) is 20.1 Å². The van der Waals surface area contributed by atoms with Gasteiger partial charge in [-0.25, -0.2) is 10.2 Å². The standard InChI is InChI=1S/C18H21N3O4/c1-3-15(14-7-8-16(23)11(2)17(14)24)20-21-18(25)19-10-12-5-4-6-13(22)9-12/h4-9,22-24H,3,10H2,1-2H3,(H2,19,21,25). The molecule has 7 nitrogen and oxygen atoms in total. The van der Waals surface area contributed by atoms with Crippen LogP contribution in [0.1, 0.15) is 30.0 Å². The van der Waals surface area contributed by atoms with Gasteiger partial charge in [-0.15, -0.1) is 0 Å². The summed E-state index contributed by atoms with van der Waals surface area (Å²) < 4.78 is 0. The highest BCUT2D eigenvalue weighted by Gasteiger charge is 2.13. The number of carbonyl (C=O) groups is 1. The van der Waals surface area contributed by atoms with Gasteiger partial charge in [-0.05, 0) is 43.2 Å². The van der Waals surface area contributed by atoms with Crippen molar-refractivity contribution < 1.29 is 20.1 Å². The Morgan fingerprint density at radius 3 is 2.60 bits per heavy atom. The molecule has 0 aliphatic rings. The third kappa shape index (κ3) is 4.63. The van der Waals surface area contributed by atoms with E-state index >= 15 is 0 Å². The minimum Gasteiger partial charge on any atom is -0.508 e. The first kappa shape index (κ1) is 18.1. The highest BCUT2D eigenvalue weighted by Crippen LogP contribution is 2.30. The van der Waals surface area contributed by atoms with Crippen LogP contribution in [0.4, 0.5) is 4.79 Å². The van der Waals surface area contributed by atoms with E-state index in [2.05, 4.69) is 15.8 Å². The molecular weight excluding hydrogens is 322 g/mol. The zero-order valence-corrected chi connectivity index (χ0v) is 14.1. The Morgan fingerprint density at radius 1 is 1.16 bits per heavy atom. The van der Waals surface area contributed by atoms with Crippen LogP contribution in [-0.4, -0.2) is 27.1 Å². The molecule has 0 saturated heterocycles. The largest absolute Gasteiger partial charge is 0.508 e. The quantitative estimate of drug-likeness (QED) is 0.424. The molecule has 2 amide bonds. The summed E-state index contributed by atoms with van der Waals surface area (Å²) in [6, 6.07) is 9.07. The van der Waals surface area contributed by atoms with E-state index in [1.54, 1.807) is 37.3 Å². The number of carbonyl (C=O) groups excluding carboxylic acids is 1. The maximum atomic E-state index is 11.9. The smallest absolute Gasteiger partial charge is 0.335 e. The fourth-order valence-corrected chi connectivity index (χ4v) is 2.26. The predicted molar refractivity (Wildman–Crippen MR) is 94.8 cm³/mol. The number of phenols is 3. The molecule has 2 rings (SSSR count). The van der Waals surface area contributed by atoms with Crippen LogP contribution in [0.15, 0.2) is 41.5 Å². The lowest BCUT2D eigenvalue weighted by molar-refractivity contribution is 0.241. The molecule has 0 spiro atoms. The Hall–Kier alpha value is -3.22. The van der Waals surface area contributed by atoms with Crippen LogP contribution >= 0.6 is 0 Å². The minimum absolute atomic E-state index is 0.00600. The molecule has 0 saturated carbocycles. The minimum atomic E-state index is -0.510. The Kier molecular flexibility index (Phi) is 5.84. The molecule has 0 aromatic heterocycles. The lowest BCUT2D eigenvalue weighted by atomic mass is 10.0. The van der Waals surface area contributed by atoms with Crippen molar-refractivity contribution in [1.29, 1.82) is 0 Å². The zero-order chi connectivity index (χ0) is 18.4. The topological polar surface area (TPSA) is 114 Å². The van der Waals surface area contributed by atoms with Gasteiger partial charge in [-0.2, -0.15) is 5.10 Å². The van der Waals surface area contributed by atoms with E-state index in [0.29, 0.717) is 23.3 Å². The zero-order valence-electron chi connectivity index (χ0n) is 14.1. The van der Waals surface area contributed by atoms with Crippen molar-refractivity contribution >= 4 is 11.7 Å². The van der Waals surface area contributed by atoms with Gasteiger partial charge in [0.05, 0.1) is 5.71 Å². The van der Waals surface area contributed by atoms with Crippen LogP contribution in [0.3, 0.4) is 0 Å². The summed E-state index contributed by atoms with van der Waals surface area (Å²) in [6.07, 6.45) is 0.477. The van der Waals surface area contributed by atoms with Crippen LogP contribution in [0.5, 0.6) is 17.2 Å². The first-order chi connectivity index (χ1) is 11.9. The van der Waals surface area contributed by atoms with Crippen LogP contribution in [-0.2, 0) is 6.54 Å². The summed E-state index contributed by atoms with van der Waals surface area (Å²) in [4.78, 5) is 11.9. The number of rotatable bonds is 5. The second-order valence-corrected chi connectivity index (χ2v) is 5.48. The van der Waals surface area contributed by atoms with Crippen LogP contribution in [0.25, 0.3) is 0 Å². The Bertz CT molecular complexity index is 803. The average molecular weight is 343 g/mol. The summed E-state index contributed by atoms with van der Waals surface area (Å²) in [6.45, 7) is 3.67. The van der Waals surface area contributed by atoms with Gasteiger partial charge >= 0.3 is 6.03 Å². The molecule has 2 aromatic carbocycles. The molecule has 0 aliphatic carbocycles. The fourth-order valence-electron chi connectivity index (χ4n) is 2.26. The average Bonchev–Trinajstić information content (AvgIpc) is 2.60. The van der Waals surface area contributed by atoms with Crippen molar-refractivity contribution in [1.82, 2.24) is 10.7 Å². The summed E-state index contributed by atoms with van der Waals surface area (Å²) >= 11 is 0. The van der Waals surface area contributed by atoms with E-state index < -0.39 is 6.03 Å². The van der Waals surface area contributed by atoms with E-state index in [1.165, 1.54) is 6.07 Å². The van der Waals surface area contributed by atoms with E-state index in [0.717, 1.165) is 5.56 Å². The van der Waals surface area contributed by atoms with Gasteiger partial charge in [0.1, 0.15) is 17.2 Å². The Labute approximate surface area is 145 Å². The second-order valence-electron chi connectivity index (χ2n) is 5.48. The van der Waals surface area contributed by atoms with Crippen LogP contribution < -0.4 is 10.7 Å². The number of urea groups is 1. The third-order valence-corrected chi connectivity index (χ3v) is 3.70. The molecule has 0 fully saturated rings. The van der Waals surface area contributed by atoms with Crippen LogP contribution in [0, 0.1) is 6.92 Å². The van der Waals surface area contributed by atoms with Crippen molar-refractivity contribution in [2.75, 3.05) is 0 Å². The van der Waals surface area contributed by atoms with E-state index in [1.807, 2.05) is 6.92 Å². The number of hydrogen-bond donors (Lipinski definition) is 5. The van der Waals surface area contributed by atoms with Gasteiger partial charge in [-0.1, -0.05) is 19.1 Å². The molecule has 0 heterocycles. The molecule has 132 valence electrons. The Balaban J connectivity index is 2.03. The van der Waals surface area contributed by atoms with Gasteiger partial charge in [0, 0.05) is 17.7 Å². The Morgan fingerprint density at radius 2 is 1.92 bits per heavy atom. The number of amides is 2. The molecule has 0 radical (unpaired) electrons. The number of phenolic OH excluding ortho intramolecular Hbond substituents is 3. The third-order valence-electron chi connectivity index (χ3n) is 3.70. The molecule has 0 aliphatic heterocycles. The monoisotopic (exact) mass is 343 g/mol. The first-order valence-electron chi connectivity index (χ1n) is 7.82. The number of hydrogen-bond acceptors (Lipinski definition) is 5. The molecule has 7 heteroatoms. The van der Waals surface area contributed by atoms with E-state index in [-0.39, 0.29) is 23.8 Å². The van der Waals surface area contributed by atoms with Gasteiger partial charge < -0.3 is 20.6 Å². The molecular formula is C18H21N3O4. The summed E-state index contributed by atoms with van der Waals surface area (Å²) in [5, 5.41) is 35.8. The highest BCUT2D eigenvalue weighted by atomic mass is 16.3. The number of hydrazone groups is 1. The molecule has 2 aromatic rings.